The van der Waals surface area contributed by atoms with Crippen LogP contribution in [0.25, 0.3) is 0 Å². The van der Waals surface area contributed by atoms with Gasteiger partial charge in [0.05, 0.1) is 19.6 Å². The van der Waals surface area contributed by atoms with Gasteiger partial charge in [-0.1, -0.05) is 53.4 Å². The molecule has 0 radical (unpaired) electrons. The summed E-state index contributed by atoms with van der Waals surface area (Å²) in [7, 11) is 0. The number of hydrogen-bond acceptors (Lipinski definition) is 6. The second kappa shape index (κ2) is 15.1. The molecule has 1 fully saturated rings. The van der Waals surface area contributed by atoms with E-state index in [1.54, 1.807) is 6.07 Å². The maximum atomic E-state index is 13.3. The van der Waals surface area contributed by atoms with Crippen LogP contribution in [-0.2, 0) is 27.2 Å². The number of nitrogens with one attached hydrogen (secondary N) is 1. The summed E-state index contributed by atoms with van der Waals surface area (Å²) in [5.41, 5.74) is 2.05. The van der Waals surface area contributed by atoms with Crippen LogP contribution < -0.4 is 10.1 Å². The lowest BCUT2D eigenvalue weighted by Gasteiger charge is -2.36. The van der Waals surface area contributed by atoms with Crippen molar-refractivity contribution in [1.29, 1.82) is 0 Å². The minimum absolute atomic E-state index is 0.0126. The van der Waals surface area contributed by atoms with Gasteiger partial charge in [0.2, 0.25) is 5.91 Å². The Labute approximate surface area is 248 Å². The van der Waals surface area contributed by atoms with Crippen molar-refractivity contribution in [3.8, 4) is 11.5 Å². The van der Waals surface area contributed by atoms with E-state index in [9.17, 15) is 24.6 Å². The second-order valence-electron chi connectivity index (χ2n) is 10.4. The van der Waals surface area contributed by atoms with Crippen molar-refractivity contribution >= 4 is 39.5 Å². The lowest BCUT2D eigenvalue weighted by Crippen LogP contribution is -2.47. The van der Waals surface area contributed by atoms with Crippen LogP contribution in [0.5, 0.6) is 11.5 Å². The monoisotopic (exact) mass is 631 g/mol. The Hall–Kier alpha value is -3.31. The molecule has 222 valence electrons. The third kappa shape index (κ3) is 8.84. The molecule has 1 aliphatic carbocycles. The zero-order valence-electron chi connectivity index (χ0n) is 23.1. The highest BCUT2D eigenvalue weighted by atomic mass is 79.9. The molecule has 3 amide bonds. The summed E-state index contributed by atoms with van der Waals surface area (Å²) >= 11 is 3.47. The number of benzene rings is 2. The molecule has 1 heterocycles. The van der Waals surface area contributed by atoms with Crippen molar-refractivity contribution in [1.82, 2.24) is 9.80 Å². The molecule has 4 rings (SSSR count). The first-order valence-corrected chi connectivity index (χ1v) is 15.0. The SMILES string of the molecule is O=C1COc2c(CCN(CCN(C(=O)CCOCCc3cccc(Br)c3)C3CCCCC3)C(=O)O)ccc(O)c2N1. The number of phenols is 1. The quantitative estimate of drug-likeness (QED) is 0.214. The molecule has 1 saturated carbocycles. The molecule has 0 saturated heterocycles. The molecule has 1 aliphatic heterocycles. The Morgan fingerprint density at radius 1 is 1.05 bits per heavy atom. The van der Waals surface area contributed by atoms with Gasteiger partial charge in [-0.2, -0.15) is 0 Å². The number of carboxylic acid groups (broad SMARTS) is 1. The maximum absolute atomic E-state index is 13.3. The van der Waals surface area contributed by atoms with Gasteiger partial charge in [0.1, 0.15) is 11.4 Å². The van der Waals surface area contributed by atoms with Gasteiger partial charge in [-0.15, -0.1) is 0 Å². The van der Waals surface area contributed by atoms with E-state index in [-0.39, 0.29) is 55.4 Å². The summed E-state index contributed by atoms with van der Waals surface area (Å²) in [6, 6.07) is 11.3. The van der Waals surface area contributed by atoms with Crippen molar-refractivity contribution in [3.63, 3.8) is 0 Å². The van der Waals surface area contributed by atoms with Gasteiger partial charge < -0.3 is 34.8 Å². The highest BCUT2D eigenvalue weighted by Crippen LogP contribution is 2.39. The highest BCUT2D eigenvalue weighted by Gasteiger charge is 2.27. The van der Waals surface area contributed by atoms with E-state index >= 15 is 0 Å². The summed E-state index contributed by atoms with van der Waals surface area (Å²) in [5.74, 6) is -0.125. The Morgan fingerprint density at radius 2 is 1.85 bits per heavy atom. The highest BCUT2D eigenvalue weighted by molar-refractivity contribution is 9.10. The van der Waals surface area contributed by atoms with Crippen molar-refractivity contribution in [2.24, 2.45) is 0 Å². The van der Waals surface area contributed by atoms with Crippen LogP contribution >= 0.6 is 15.9 Å². The van der Waals surface area contributed by atoms with Crippen molar-refractivity contribution in [3.05, 3.63) is 52.0 Å². The third-order valence-corrected chi connectivity index (χ3v) is 8.08. The van der Waals surface area contributed by atoms with Gasteiger partial charge in [-0.05, 0) is 55.0 Å². The van der Waals surface area contributed by atoms with Gasteiger partial charge in [0.25, 0.3) is 5.91 Å². The van der Waals surface area contributed by atoms with Crippen LogP contribution in [0.3, 0.4) is 0 Å². The van der Waals surface area contributed by atoms with Gasteiger partial charge in [-0.3, -0.25) is 9.59 Å². The smallest absolute Gasteiger partial charge is 0.407 e. The number of fused-ring (bicyclic) bond motifs is 1. The number of phenolic OH excluding ortho intramolecular Hbond substituents is 1. The second-order valence-corrected chi connectivity index (χ2v) is 11.3. The molecular weight excluding hydrogens is 594 g/mol. The van der Waals surface area contributed by atoms with Gasteiger partial charge in [0, 0.05) is 30.1 Å². The van der Waals surface area contributed by atoms with E-state index in [2.05, 4.69) is 27.3 Å². The minimum Gasteiger partial charge on any atom is -0.506 e. The fourth-order valence-electron chi connectivity index (χ4n) is 5.39. The number of amides is 3. The number of nitrogens with zero attached hydrogens (tertiary/aromatic N) is 2. The zero-order chi connectivity index (χ0) is 29.2. The third-order valence-electron chi connectivity index (χ3n) is 7.58. The lowest BCUT2D eigenvalue weighted by molar-refractivity contribution is -0.135. The number of hydrogen-bond donors (Lipinski definition) is 3. The average molecular weight is 633 g/mol. The molecule has 11 heteroatoms. The molecule has 2 aromatic carbocycles. The molecule has 2 aliphatic rings. The van der Waals surface area contributed by atoms with Crippen LogP contribution in [0.2, 0.25) is 0 Å². The molecule has 2 aromatic rings. The number of ether oxygens (including phenoxy) is 2. The molecular formula is C30H38BrN3O7. The largest absolute Gasteiger partial charge is 0.506 e. The Balaban J connectivity index is 1.31. The fourth-order valence-corrected chi connectivity index (χ4v) is 5.84. The molecule has 0 unspecified atom stereocenters. The van der Waals surface area contributed by atoms with Crippen molar-refractivity contribution in [2.75, 3.05) is 44.8 Å². The van der Waals surface area contributed by atoms with Crippen LogP contribution in [0.1, 0.15) is 49.7 Å². The predicted molar refractivity (Wildman–Crippen MR) is 157 cm³/mol. The Bertz CT molecular complexity index is 1220. The average Bonchev–Trinajstić information content (AvgIpc) is 2.96. The van der Waals surface area contributed by atoms with Crippen LogP contribution in [0.15, 0.2) is 40.9 Å². The summed E-state index contributed by atoms with van der Waals surface area (Å²) in [4.78, 5) is 40.3. The maximum Gasteiger partial charge on any atom is 0.407 e. The first-order valence-electron chi connectivity index (χ1n) is 14.2. The summed E-state index contributed by atoms with van der Waals surface area (Å²) in [6.07, 6.45) is 5.38. The minimum atomic E-state index is -1.07. The number of anilines is 1. The number of rotatable bonds is 13. The standard InChI is InChI=1S/C30H38BrN3O7/c31-23-6-4-5-21(19-23)12-17-40-18-13-27(37)34(24-7-2-1-3-8-24)16-15-33(30(38)39)14-11-22-9-10-25(35)28-29(22)41-20-26(36)32-28/h4-6,9-10,19,24,35H,1-3,7-8,11-18,20H2,(H,32,36)(H,38,39). The van der Waals surface area contributed by atoms with E-state index in [0.717, 1.165) is 48.6 Å². The number of carbonyl (C=O) groups excluding carboxylic acids is 2. The number of halogens is 1. The van der Waals surface area contributed by atoms with E-state index in [4.69, 9.17) is 9.47 Å². The predicted octanol–water partition coefficient (Wildman–Crippen LogP) is 4.82. The molecule has 0 spiro atoms. The van der Waals surface area contributed by atoms with Crippen LogP contribution in [-0.4, -0.2) is 83.4 Å². The molecule has 0 aromatic heterocycles. The van der Waals surface area contributed by atoms with Crippen LogP contribution in [0, 0.1) is 0 Å². The van der Waals surface area contributed by atoms with Gasteiger partial charge >= 0.3 is 6.09 Å². The van der Waals surface area contributed by atoms with E-state index in [1.165, 1.54) is 11.0 Å². The first kappa shape index (κ1) is 30.6. The Morgan fingerprint density at radius 3 is 2.61 bits per heavy atom. The fraction of sp³-hybridized carbons (Fsp3) is 0.500. The van der Waals surface area contributed by atoms with Gasteiger partial charge in [-0.25, -0.2) is 4.79 Å². The normalized spacial score (nSPS) is 15.0. The first-order chi connectivity index (χ1) is 19.8. The Kier molecular flexibility index (Phi) is 11.3. The van der Waals surface area contributed by atoms with Crippen LogP contribution in [0.4, 0.5) is 10.5 Å². The topological polar surface area (TPSA) is 129 Å². The van der Waals surface area contributed by atoms with Gasteiger partial charge in [0.15, 0.2) is 12.4 Å². The molecule has 10 nitrogen and oxygen atoms in total. The van der Waals surface area contributed by atoms with E-state index in [1.807, 2.05) is 23.1 Å². The summed E-state index contributed by atoms with van der Waals surface area (Å²) in [5, 5.41) is 22.6. The van der Waals surface area contributed by atoms with E-state index in [0.29, 0.717) is 37.5 Å². The molecule has 3 N–H and O–H groups in total. The molecule has 0 bridgehead atoms. The molecule has 41 heavy (non-hydrogen) atoms. The van der Waals surface area contributed by atoms with Crippen molar-refractivity contribution < 1.29 is 34.1 Å². The van der Waals surface area contributed by atoms with Crippen molar-refractivity contribution in [2.45, 2.75) is 57.4 Å². The molecule has 0 atom stereocenters. The number of carbonyl (C=O) groups is 3. The lowest BCUT2D eigenvalue weighted by atomic mass is 9.94. The summed E-state index contributed by atoms with van der Waals surface area (Å²) in [6.45, 7) is 1.34. The van der Waals surface area contributed by atoms with E-state index < -0.39 is 6.09 Å². The number of aromatic hydroxyl groups is 1. The zero-order valence-corrected chi connectivity index (χ0v) is 24.7. The summed E-state index contributed by atoms with van der Waals surface area (Å²) < 4.78 is 12.3.